The number of nitrogens with one attached hydrogen (secondary N) is 4. The molecule has 2 aliphatic rings. The standard InChI is InChI=1S/C61H96N8O20/c1-13-35(6)49(43(83-11)31-46(72)69-26-17-20-41(69)54(84-12)36(7)56(77)64-37(8)50(73)38-18-15-14-16-19-38)67(9)58(79)47(33(2)3)66-57(78)48(34(4)5)68(10)61(82)86-32-39-30-40(65-45(71)24-23-44(70)63-25-27-85-28-29-87-62)21-22-42(39)88-60-53(76)51(74)52(75)55(89-60)59(80)81/h14-16,18-19,21-22,30,33-37,41,43,47-55,60,73-76H,13,17,20,23-29,31-32,62H2,1-12H3,(H,63,70)(H,64,77)(H,65,71)(H,66,78)(H,80,81)/t35-,36+,37+,41-,43+,47-,48-,49-,50+,51?,52?,53?,54+,55?,60?/m0/s1. The highest BCUT2D eigenvalue weighted by molar-refractivity contribution is 5.94. The number of carboxylic acid groups (broad SMARTS) is 1. The van der Waals surface area contributed by atoms with Crippen LogP contribution in [0.4, 0.5) is 10.5 Å². The fourth-order valence-electron chi connectivity index (χ4n) is 11.1. The number of carbonyl (C=O) groups is 8. The topological polar surface area (TPSA) is 386 Å². The Labute approximate surface area is 520 Å². The molecule has 2 heterocycles. The number of aliphatic hydroxyl groups is 4. The van der Waals surface area contributed by atoms with Crippen molar-refractivity contribution in [2.45, 2.75) is 180 Å². The molecule has 5 unspecified atom stereocenters. The van der Waals surface area contributed by atoms with Gasteiger partial charge < -0.3 is 89.9 Å². The highest BCUT2D eigenvalue weighted by Crippen LogP contribution is 2.32. The van der Waals surface area contributed by atoms with Crippen LogP contribution < -0.4 is 31.9 Å². The molecule has 0 aromatic heterocycles. The number of hydrogen-bond acceptors (Lipinski definition) is 20. The summed E-state index contributed by atoms with van der Waals surface area (Å²) in [6.07, 6.45) is -12.2. The Morgan fingerprint density at radius 3 is 2.09 bits per heavy atom. The molecule has 89 heavy (non-hydrogen) atoms. The molecule has 2 aliphatic heterocycles. The number of likely N-dealkylation sites (tertiary alicyclic amines) is 1. The number of nitrogens with zero attached hydrogens (tertiary/aromatic N) is 3. The summed E-state index contributed by atoms with van der Waals surface area (Å²) >= 11 is 0. The summed E-state index contributed by atoms with van der Waals surface area (Å²) < 4.78 is 34.2. The van der Waals surface area contributed by atoms with Crippen molar-refractivity contribution >= 4 is 53.2 Å². The SMILES string of the molecule is CC[C@H](C)[C@@H]([C@@H](CC(=O)N1CCC[C@H]1[C@H](OC)[C@@H](C)C(=O)N[C@H](C)[C@@H](O)c1ccccc1)OC)N(C)C(=O)[C@@H](NC(=O)[C@H](C(C)C)N(C)C(=O)OCc1cc(NC(=O)CCC(=O)NCCOCCON)ccc1OC1OC(C(=O)O)C(O)C(O)C1O)C(C)C. The number of likely N-dealkylation sites (N-methyl/N-ethyl adjacent to an activating group) is 2. The number of carboxylic acids is 1. The molecule has 0 saturated carbocycles. The third-order valence-electron chi connectivity index (χ3n) is 16.3. The minimum atomic E-state index is -2.03. The first kappa shape index (κ1) is 74.9. The number of amides is 7. The Hall–Kier alpha value is -6.60. The number of aliphatic hydroxyl groups excluding tert-OH is 4. The van der Waals surface area contributed by atoms with E-state index in [1.165, 1.54) is 44.4 Å². The molecule has 2 fully saturated rings. The Morgan fingerprint density at radius 2 is 1.48 bits per heavy atom. The van der Waals surface area contributed by atoms with Gasteiger partial charge in [0.25, 0.3) is 0 Å². The largest absolute Gasteiger partial charge is 0.479 e. The average Bonchev–Trinajstić information content (AvgIpc) is 2.45. The zero-order valence-corrected chi connectivity index (χ0v) is 53.2. The van der Waals surface area contributed by atoms with E-state index in [-0.39, 0.29) is 80.4 Å². The summed E-state index contributed by atoms with van der Waals surface area (Å²) in [6, 6.07) is 8.75. The highest BCUT2D eigenvalue weighted by atomic mass is 16.7. The lowest BCUT2D eigenvalue weighted by Crippen LogP contribution is -2.61. The minimum Gasteiger partial charge on any atom is -0.479 e. The maximum atomic E-state index is 14.9. The normalized spacial score (nSPS) is 21.4. The number of carbonyl (C=O) groups excluding carboxylic acids is 7. The first-order valence-electron chi connectivity index (χ1n) is 30.2. The van der Waals surface area contributed by atoms with Gasteiger partial charge in [-0.05, 0) is 61.3 Å². The molecular formula is C61H96N8O20. The molecule has 28 heteroatoms. The van der Waals surface area contributed by atoms with E-state index < -0.39 is 139 Å². The lowest BCUT2D eigenvalue weighted by molar-refractivity contribution is -0.271. The predicted molar refractivity (Wildman–Crippen MR) is 322 cm³/mol. The van der Waals surface area contributed by atoms with E-state index in [4.69, 9.17) is 34.3 Å². The van der Waals surface area contributed by atoms with E-state index in [1.54, 1.807) is 77.8 Å². The molecule has 2 aromatic rings. The minimum absolute atomic E-state index is 0.00252. The van der Waals surface area contributed by atoms with Gasteiger partial charge in [-0.2, -0.15) is 0 Å². The van der Waals surface area contributed by atoms with Gasteiger partial charge in [-0.3, -0.25) is 33.7 Å². The van der Waals surface area contributed by atoms with Crippen LogP contribution in [0.1, 0.15) is 111 Å². The molecule has 28 nitrogen and oxygen atoms in total. The van der Waals surface area contributed by atoms with E-state index >= 15 is 0 Å². The smallest absolute Gasteiger partial charge is 0.410 e. The first-order valence-corrected chi connectivity index (χ1v) is 30.2. The Kier molecular flexibility index (Phi) is 30.5. The van der Waals surface area contributed by atoms with Crippen LogP contribution in [0.2, 0.25) is 0 Å². The summed E-state index contributed by atoms with van der Waals surface area (Å²) in [7, 11) is 5.87. The molecular weight excluding hydrogens is 1160 g/mol. The van der Waals surface area contributed by atoms with Crippen LogP contribution in [0.5, 0.6) is 5.75 Å². The summed E-state index contributed by atoms with van der Waals surface area (Å²) in [5.41, 5.74) is 0.766. The number of ether oxygens (including phenoxy) is 6. The highest BCUT2D eigenvalue weighted by Gasteiger charge is 2.49. The predicted octanol–water partition coefficient (Wildman–Crippen LogP) is 1.59. The van der Waals surface area contributed by atoms with Crippen LogP contribution in [-0.4, -0.2) is 222 Å². The summed E-state index contributed by atoms with van der Waals surface area (Å²) in [6.45, 7) is 14.7. The van der Waals surface area contributed by atoms with Crippen LogP contribution in [0.15, 0.2) is 48.5 Å². The van der Waals surface area contributed by atoms with E-state index in [0.717, 1.165) is 4.90 Å². The maximum Gasteiger partial charge on any atom is 0.410 e. The van der Waals surface area contributed by atoms with Crippen LogP contribution in [0.25, 0.3) is 0 Å². The maximum absolute atomic E-state index is 14.9. The van der Waals surface area contributed by atoms with Crippen molar-refractivity contribution in [2.75, 3.05) is 66.5 Å². The molecule has 15 atom stereocenters. The van der Waals surface area contributed by atoms with E-state index in [2.05, 4.69) is 26.1 Å². The van der Waals surface area contributed by atoms with E-state index in [1.807, 2.05) is 19.9 Å². The second-order valence-corrected chi connectivity index (χ2v) is 23.4. The molecule has 7 amide bonds. The van der Waals surface area contributed by atoms with Crippen molar-refractivity contribution in [1.82, 2.24) is 30.7 Å². The number of benzene rings is 2. The fourth-order valence-corrected chi connectivity index (χ4v) is 11.1. The van der Waals surface area contributed by atoms with Crippen molar-refractivity contribution in [1.29, 1.82) is 0 Å². The monoisotopic (exact) mass is 1260 g/mol. The summed E-state index contributed by atoms with van der Waals surface area (Å²) in [5, 5.41) is 63.2. The number of aliphatic carboxylic acids is 1. The number of anilines is 1. The third-order valence-corrected chi connectivity index (χ3v) is 16.3. The average molecular weight is 1260 g/mol. The zero-order chi connectivity index (χ0) is 66.4. The second-order valence-electron chi connectivity index (χ2n) is 23.4. The summed E-state index contributed by atoms with van der Waals surface area (Å²) in [4.78, 5) is 118. The van der Waals surface area contributed by atoms with Crippen molar-refractivity contribution in [2.24, 2.45) is 29.6 Å². The van der Waals surface area contributed by atoms with E-state index in [9.17, 15) is 63.9 Å². The lowest BCUT2D eigenvalue weighted by Gasteiger charge is -2.41. The van der Waals surface area contributed by atoms with Gasteiger partial charge in [0, 0.05) is 65.5 Å². The van der Waals surface area contributed by atoms with E-state index in [0.29, 0.717) is 31.4 Å². The van der Waals surface area contributed by atoms with Crippen LogP contribution in [0, 0.1) is 23.7 Å². The van der Waals surface area contributed by atoms with Crippen molar-refractivity contribution in [3.63, 3.8) is 0 Å². The molecule has 0 bridgehead atoms. The molecule has 4 rings (SSSR count). The molecule has 500 valence electrons. The van der Waals surface area contributed by atoms with Gasteiger partial charge in [0.1, 0.15) is 42.8 Å². The van der Waals surface area contributed by atoms with Crippen LogP contribution in [0.3, 0.4) is 0 Å². The zero-order valence-electron chi connectivity index (χ0n) is 53.2. The van der Waals surface area contributed by atoms with Gasteiger partial charge >= 0.3 is 12.1 Å². The Morgan fingerprint density at radius 1 is 0.809 bits per heavy atom. The van der Waals surface area contributed by atoms with Gasteiger partial charge in [0.2, 0.25) is 41.7 Å². The van der Waals surface area contributed by atoms with Crippen molar-refractivity contribution < 1.29 is 97.1 Å². The summed E-state index contributed by atoms with van der Waals surface area (Å²) in [5.74, 6) is -1.76. The van der Waals surface area contributed by atoms with Crippen molar-refractivity contribution in [3.05, 3.63) is 59.7 Å². The fraction of sp³-hybridized carbons (Fsp3) is 0.672. The molecule has 0 aliphatic carbocycles. The number of methoxy groups -OCH3 is 2. The lowest BCUT2D eigenvalue weighted by atomic mass is 9.89. The first-order chi connectivity index (χ1) is 42.1. The number of hydrogen-bond donors (Lipinski definition) is 10. The quantitative estimate of drug-likeness (QED) is 0.0346. The Balaban J connectivity index is 1.50. The third kappa shape index (κ3) is 21.0. The molecule has 2 aromatic carbocycles. The van der Waals surface area contributed by atoms with Crippen molar-refractivity contribution in [3.8, 4) is 5.75 Å². The number of rotatable bonds is 35. The van der Waals surface area contributed by atoms with Gasteiger partial charge in [0.05, 0.1) is 68.6 Å². The van der Waals surface area contributed by atoms with Crippen LogP contribution in [-0.2, 0) is 68.7 Å². The van der Waals surface area contributed by atoms with Gasteiger partial charge in [0.15, 0.2) is 6.10 Å². The molecule has 11 N–H and O–H groups in total. The van der Waals surface area contributed by atoms with Gasteiger partial charge in [-0.15, -0.1) is 0 Å². The van der Waals surface area contributed by atoms with Gasteiger partial charge in [-0.25, -0.2) is 15.5 Å². The molecule has 0 radical (unpaired) electrons. The molecule has 0 spiro atoms. The number of nitrogens with two attached hydrogens (primary N) is 1. The van der Waals surface area contributed by atoms with Gasteiger partial charge in [-0.1, -0.05) is 85.2 Å². The molecule has 2 saturated heterocycles. The van der Waals surface area contributed by atoms with Crippen LogP contribution >= 0.6 is 0 Å². The second kappa shape index (κ2) is 36.3. The Bertz CT molecular complexity index is 2620.